The summed E-state index contributed by atoms with van der Waals surface area (Å²) in [6.45, 7) is 3.52. The Kier molecular flexibility index (Phi) is 8.81. The number of carbonyl (C=O) groups excluding carboxylic acids is 1. The molecule has 0 bridgehead atoms. The summed E-state index contributed by atoms with van der Waals surface area (Å²) in [6.07, 6.45) is 1.67. The number of fused-ring (bicyclic) bond motifs is 1. The van der Waals surface area contributed by atoms with E-state index >= 15 is 0 Å². The molecule has 10 heteroatoms. The quantitative estimate of drug-likeness (QED) is 0.607. The summed E-state index contributed by atoms with van der Waals surface area (Å²) in [5, 5.41) is 2.79. The van der Waals surface area contributed by atoms with E-state index in [1.165, 1.54) is 18.2 Å². The summed E-state index contributed by atoms with van der Waals surface area (Å²) >= 11 is 0. The minimum atomic E-state index is -0.683. The second-order valence-corrected chi connectivity index (χ2v) is 6.21. The minimum Gasteiger partial charge on any atom is -0.485 e. The van der Waals surface area contributed by atoms with E-state index < -0.39 is 11.6 Å². The molecule has 6 nitrogen and oxygen atoms in total. The number of aryl methyl sites for hydroxylation is 1. The molecule has 0 aliphatic carbocycles. The fourth-order valence-electron chi connectivity index (χ4n) is 2.71. The Bertz CT molecular complexity index is 977. The minimum absolute atomic E-state index is 0. The lowest BCUT2D eigenvalue weighted by Gasteiger charge is -2.12. The molecule has 1 amide bonds. The van der Waals surface area contributed by atoms with Crippen LogP contribution in [0.4, 0.5) is 8.78 Å². The number of hydrogen-bond donors (Lipinski definition) is 2. The molecule has 3 rings (SSSR count). The maximum Gasteiger partial charge on any atom is 0.270 e. The lowest BCUT2D eigenvalue weighted by Crippen LogP contribution is -2.38. The predicted molar refractivity (Wildman–Crippen MR) is 111 cm³/mol. The molecule has 3 N–H and O–H groups in total. The monoisotopic (exact) mass is 446 g/mol. The summed E-state index contributed by atoms with van der Waals surface area (Å²) < 4.78 is 34.8. The smallest absolute Gasteiger partial charge is 0.270 e. The molecular weight excluding hydrogens is 425 g/mol. The molecular formula is C19H22Cl2F2N4O2. The van der Waals surface area contributed by atoms with Crippen molar-refractivity contribution in [2.75, 3.05) is 6.54 Å². The molecule has 0 saturated heterocycles. The zero-order valence-electron chi connectivity index (χ0n) is 15.8. The first-order valence-electron chi connectivity index (χ1n) is 8.46. The van der Waals surface area contributed by atoms with Crippen LogP contribution < -0.4 is 15.8 Å². The third kappa shape index (κ3) is 5.14. The Morgan fingerprint density at radius 1 is 1.24 bits per heavy atom. The number of amides is 1. The molecule has 0 saturated carbocycles. The van der Waals surface area contributed by atoms with Crippen LogP contribution >= 0.6 is 24.8 Å². The zero-order valence-corrected chi connectivity index (χ0v) is 17.4. The van der Waals surface area contributed by atoms with Crippen molar-refractivity contribution in [3.05, 3.63) is 65.1 Å². The molecule has 0 aliphatic rings. The normalized spacial score (nSPS) is 11.3. The number of benzene rings is 1. The molecule has 1 unspecified atom stereocenters. The number of rotatable bonds is 6. The third-order valence-corrected chi connectivity index (χ3v) is 4.17. The van der Waals surface area contributed by atoms with Gasteiger partial charge in [0.05, 0.1) is 11.3 Å². The summed E-state index contributed by atoms with van der Waals surface area (Å²) in [4.78, 5) is 16.9. The molecule has 1 atom stereocenters. The Balaban J connectivity index is 0.00000210. The summed E-state index contributed by atoms with van der Waals surface area (Å²) in [5.41, 5.74) is 6.63. The molecule has 0 aliphatic heterocycles. The van der Waals surface area contributed by atoms with E-state index in [4.69, 9.17) is 10.5 Å². The first kappa shape index (κ1) is 24.6. The van der Waals surface area contributed by atoms with Gasteiger partial charge in [0.2, 0.25) is 0 Å². The SMILES string of the molecule is Cc1nc2c(OCc3c(F)cccc3F)cccn2c1C(=O)NC(C)CN.Cl.Cl. The van der Waals surface area contributed by atoms with Gasteiger partial charge in [-0.2, -0.15) is 0 Å². The molecule has 158 valence electrons. The number of carbonyl (C=O) groups is 1. The van der Waals surface area contributed by atoms with Gasteiger partial charge in [-0.1, -0.05) is 6.07 Å². The van der Waals surface area contributed by atoms with E-state index in [0.29, 0.717) is 29.3 Å². The molecule has 0 spiro atoms. The number of halogens is 4. The molecule has 0 radical (unpaired) electrons. The second kappa shape index (κ2) is 10.4. The van der Waals surface area contributed by atoms with Gasteiger partial charge in [0.1, 0.15) is 23.9 Å². The molecule has 2 aromatic heterocycles. The number of nitrogens with one attached hydrogen (secondary N) is 1. The van der Waals surface area contributed by atoms with Crippen LogP contribution in [0, 0.1) is 18.6 Å². The maximum absolute atomic E-state index is 13.8. The van der Waals surface area contributed by atoms with Gasteiger partial charge in [-0.05, 0) is 38.1 Å². The number of aromatic nitrogens is 2. The van der Waals surface area contributed by atoms with E-state index in [9.17, 15) is 13.6 Å². The molecule has 1 aromatic carbocycles. The Labute approximate surface area is 179 Å². The van der Waals surface area contributed by atoms with E-state index in [-0.39, 0.29) is 48.9 Å². The maximum atomic E-state index is 13.8. The third-order valence-electron chi connectivity index (χ3n) is 4.17. The highest BCUT2D eigenvalue weighted by atomic mass is 35.5. The van der Waals surface area contributed by atoms with Gasteiger partial charge >= 0.3 is 0 Å². The Morgan fingerprint density at radius 3 is 2.52 bits per heavy atom. The number of ether oxygens (including phenoxy) is 1. The number of nitrogens with two attached hydrogens (primary N) is 1. The van der Waals surface area contributed by atoms with Crippen LogP contribution in [0.15, 0.2) is 36.5 Å². The topological polar surface area (TPSA) is 81.7 Å². The number of nitrogens with zero attached hydrogens (tertiary/aromatic N) is 2. The summed E-state index contributed by atoms with van der Waals surface area (Å²) in [5.74, 6) is -1.36. The van der Waals surface area contributed by atoms with Crippen LogP contribution in [0.5, 0.6) is 5.75 Å². The van der Waals surface area contributed by atoms with Gasteiger partial charge in [0, 0.05) is 18.8 Å². The predicted octanol–water partition coefficient (Wildman–Crippen LogP) is 3.42. The average Bonchev–Trinajstić information content (AvgIpc) is 2.97. The van der Waals surface area contributed by atoms with E-state index in [0.717, 1.165) is 0 Å². The fraction of sp³-hybridized carbons (Fsp3) is 0.263. The van der Waals surface area contributed by atoms with Gasteiger partial charge in [-0.15, -0.1) is 24.8 Å². The molecule has 0 fully saturated rings. The van der Waals surface area contributed by atoms with E-state index in [2.05, 4.69) is 10.3 Å². The van der Waals surface area contributed by atoms with Gasteiger partial charge in [-0.25, -0.2) is 13.8 Å². The van der Waals surface area contributed by atoms with Gasteiger partial charge in [-0.3, -0.25) is 9.20 Å². The molecule has 29 heavy (non-hydrogen) atoms. The number of imidazole rings is 1. The van der Waals surface area contributed by atoms with Crippen LogP contribution in [-0.2, 0) is 6.61 Å². The fourth-order valence-corrected chi connectivity index (χ4v) is 2.71. The van der Waals surface area contributed by atoms with Crippen molar-refractivity contribution in [1.82, 2.24) is 14.7 Å². The van der Waals surface area contributed by atoms with Gasteiger partial charge in [0.15, 0.2) is 11.4 Å². The lowest BCUT2D eigenvalue weighted by molar-refractivity contribution is 0.0934. The lowest BCUT2D eigenvalue weighted by atomic mass is 10.2. The zero-order chi connectivity index (χ0) is 19.6. The molecule has 2 heterocycles. The van der Waals surface area contributed by atoms with E-state index in [1.807, 2.05) is 0 Å². The largest absolute Gasteiger partial charge is 0.485 e. The average molecular weight is 447 g/mol. The van der Waals surface area contributed by atoms with Crippen LogP contribution in [0.3, 0.4) is 0 Å². The van der Waals surface area contributed by atoms with Crippen LogP contribution in [-0.4, -0.2) is 27.9 Å². The van der Waals surface area contributed by atoms with Gasteiger partial charge < -0.3 is 15.8 Å². The van der Waals surface area contributed by atoms with Crippen molar-refractivity contribution in [3.8, 4) is 5.75 Å². The van der Waals surface area contributed by atoms with Crippen molar-refractivity contribution in [2.45, 2.75) is 26.5 Å². The van der Waals surface area contributed by atoms with Gasteiger partial charge in [0.25, 0.3) is 5.91 Å². The first-order valence-corrected chi connectivity index (χ1v) is 8.46. The Morgan fingerprint density at radius 2 is 1.90 bits per heavy atom. The summed E-state index contributed by atoms with van der Waals surface area (Å²) in [7, 11) is 0. The van der Waals surface area contributed by atoms with Crippen LogP contribution in [0.25, 0.3) is 5.65 Å². The summed E-state index contributed by atoms with van der Waals surface area (Å²) in [6, 6.07) is 6.74. The number of pyridine rings is 1. The highest BCUT2D eigenvalue weighted by molar-refractivity contribution is 5.95. The second-order valence-electron chi connectivity index (χ2n) is 6.21. The van der Waals surface area contributed by atoms with Crippen molar-refractivity contribution in [3.63, 3.8) is 0 Å². The highest BCUT2D eigenvalue weighted by Crippen LogP contribution is 2.24. The van der Waals surface area contributed by atoms with E-state index in [1.54, 1.807) is 36.6 Å². The van der Waals surface area contributed by atoms with Crippen molar-refractivity contribution < 1.29 is 18.3 Å². The highest BCUT2D eigenvalue weighted by Gasteiger charge is 2.20. The Hall–Kier alpha value is -2.42. The first-order chi connectivity index (χ1) is 12.9. The van der Waals surface area contributed by atoms with Crippen LogP contribution in [0.1, 0.15) is 28.7 Å². The van der Waals surface area contributed by atoms with Crippen molar-refractivity contribution in [1.29, 1.82) is 0 Å². The van der Waals surface area contributed by atoms with Crippen molar-refractivity contribution in [2.24, 2.45) is 5.73 Å². The molecule has 3 aromatic rings. The van der Waals surface area contributed by atoms with Crippen LogP contribution in [0.2, 0.25) is 0 Å². The van der Waals surface area contributed by atoms with Crippen molar-refractivity contribution >= 4 is 36.4 Å². The number of hydrogen-bond acceptors (Lipinski definition) is 4. The standard InChI is InChI=1S/C19H20F2N4O2.2ClH/c1-11(9-22)23-19(26)17-12(2)24-18-16(7-4-8-25(17)18)27-10-13-14(20)5-3-6-15(13)21;;/h3-8,11H,9-10,22H2,1-2H3,(H,23,26);2*1H.